The van der Waals surface area contributed by atoms with Gasteiger partial charge in [-0.05, 0) is 42.3 Å². The number of amides is 1. The average Bonchev–Trinajstić information content (AvgIpc) is 2.80. The first kappa shape index (κ1) is 20.3. The van der Waals surface area contributed by atoms with Gasteiger partial charge in [0.15, 0.2) is 0 Å². The molecule has 1 amide bonds. The minimum absolute atomic E-state index is 0.129. The van der Waals surface area contributed by atoms with Crippen molar-refractivity contribution in [2.24, 2.45) is 7.05 Å². The fourth-order valence-corrected chi connectivity index (χ4v) is 3.63. The summed E-state index contributed by atoms with van der Waals surface area (Å²) in [5, 5.41) is 8.91. The lowest BCUT2D eigenvalue weighted by Crippen LogP contribution is -2.23. The maximum absolute atomic E-state index is 12.7. The van der Waals surface area contributed by atoms with Crippen molar-refractivity contribution < 1.29 is 9.53 Å². The molecule has 6 nitrogen and oxygen atoms in total. The molecule has 0 atom stereocenters. The van der Waals surface area contributed by atoms with E-state index in [1.807, 2.05) is 55.5 Å². The number of rotatable bonds is 5. The van der Waals surface area contributed by atoms with Crippen molar-refractivity contribution in [3.8, 4) is 17.0 Å². The van der Waals surface area contributed by atoms with Crippen LogP contribution in [0.3, 0.4) is 0 Å². The maximum Gasteiger partial charge on any atom is 0.274 e. The summed E-state index contributed by atoms with van der Waals surface area (Å²) in [6.45, 7) is 2.36. The Morgan fingerprint density at radius 2 is 1.74 bits per heavy atom. The topological polar surface area (TPSA) is 73.2 Å². The highest BCUT2D eigenvalue weighted by molar-refractivity contribution is 5.97. The standard InChI is InChI=1S/C25H23N3O3/c1-16-12-13-17(23-19-8-4-5-9-20(19)25(30)28(2)27-23)14-18(16)15-26-24(29)21-10-6-7-11-22(21)31-3/h4-14H,15H2,1-3H3,(H,26,29). The monoisotopic (exact) mass is 413 g/mol. The summed E-state index contributed by atoms with van der Waals surface area (Å²) in [4.78, 5) is 25.1. The molecule has 0 aliphatic heterocycles. The second kappa shape index (κ2) is 8.44. The molecule has 1 heterocycles. The predicted molar refractivity (Wildman–Crippen MR) is 121 cm³/mol. The lowest BCUT2D eigenvalue weighted by Gasteiger charge is -2.13. The number of nitrogens with zero attached hydrogens (tertiary/aromatic N) is 2. The minimum atomic E-state index is -0.201. The van der Waals surface area contributed by atoms with Gasteiger partial charge in [0.1, 0.15) is 5.75 Å². The van der Waals surface area contributed by atoms with Crippen LogP contribution in [0.1, 0.15) is 21.5 Å². The van der Waals surface area contributed by atoms with E-state index in [1.54, 1.807) is 32.4 Å². The average molecular weight is 413 g/mol. The third-order valence-corrected chi connectivity index (χ3v) is 5.37. The predicted octanol–water partition coefficient (Wildman–Crippen LogP) is 3.85. The van der Waals surface area contributed by atoms with E-state index in [4.69, 9.17) is 4.74 Å². The van der Waals surface area contributed by atoms with Gasteiger partial charge in [-0.1, -0.05) is 42.5 Å². The van der Waals surface area contributed by atoms with Gasteiger partial charge in [0.25, 0.3) is 11.5 Å². The van der Waals surface area contributed by atoms with Crippen molar-refractivity contribution >= 4 is 16.7 Å². The van der Waals surface area contributed by atoms with Crippen molar-refractivity contribution in [3.05, 3.63) is 93.8 Å². The lowest BCUT2D eigenvalue weighted by atomic mass is 10.00. The van der Waals surface area contributed by atoms with E-state index in [0.717, 1.165) is 27.8 Å². The summed E-state index contributed by atoms with van der Waals surface area (Å²) in [6.07, 6.45) is 0. The molecule has 1 N–H and O–H groups in total. The van der Waals surface area contributed by atoms with Gasteiger partial charge in [-0.15, -0.1) is 0 Å². The third kappa shape index (κ3) is 3.92. The van der Waals surface area contributed by atoms with Gasteiger partial charge in [-0.25, -0.2) is 4.68 Å². The molecule has 1 aromatic heterocycles. The quantitative estimate of drug-likeness (QED) is 0.539. The molecule has 0 saturated heterocycles. The SMILES string of the molecule is COc1ccccc1C(=O)NCc1cc(-c2nn(C)c(=O)c3ccccc23)ccc1C. The van der Waals surface area contributed by atoms with Crippen LogP contribution in [0.4, 0.5) is 0 Å². The van der Waals surface area contributed by atoms with Crippen LogP contribution < -0.4 is 15.6 Å². The van der Waals surface area contributed by atoms with Gasteiger partial charge < -0.3 is 10.1 Å². The molecule has 0 saturated carbocycles. The van der Waals surface area contributed by atoms with Gasteiger partial charge >= 0.3 is 0 Å². The van der Waals surface area contributed by atoms with E-state index in [9.17, 15) is 9.59 Å². The highest BCUT2D eigenvalue weighted by Crippen LogP contribution is 2.26. The molecular formula is C25H23N3O3. The molecule has 0 spiro atoms. The Morgan fingerprint density at radius 1 is 1.03 bits per heavy atom. The zero-order valence-electron chi connectivity index (χ0n) is 17.7. The Morgan fingerprint density at radius 3 is 2.52 bits per heavy atom. The number of aromatic nitrogens is 2. The first-order valence-electron chi connectivity index (χ1n) is 9.96. The largest absolute Gasteiger partial charge is 0.496 e. The van der Waals surface area contributed by atoms with E-state index < -0.39 is 0 Å². The number of benzene rings is 3. The number of carbonyl (C=O) groups is 1. The van der Waals surface area contributed by atoms with Gasteiger partial charge in [0, 0.05) is 24.5 Å². The van der Waals surface area contributed by atoms with Crippen LogP contribution >= 0.6 is 0 Å². The highest BCUT2D eigenvalue weighted by atomic mass is 16.5. The summed E-state index contributed by atoms with van der Waals surface area (Å²) in [7, 11) is 3.20. The molecule has 156 valence electrons. The molecule has 3 aromatic carbocycles. The van der Waals surface area contributed by atoms with E-state index in [2.05, 4.69) is 10.4 Å². The molecule has 31 heavy (non-hydrogen) atoms. The van der Waals surface area contributed by atoms with Crippen molar-refractivity contribution in [2.45, 2.75) is 13.5 Å². The molecular weight excluding hydrogens is 390 g/mol. The van der Waals surface area contributed by atoms with E-state index in [0.29, 0.717) is 23.2 Å². The molecule has 0 unspecified atom stereocenters. The zero-order chi connectivity index (χ0) is 22.0. The number of nitrogens with one attached hydrogen (secondary N) is 1. The Labute approximate surface area is 180 Å². The number of para-hydroxylation sites is 1. The van der Waals surface area contributed by atoms with Crippen LogP contribution in [0.25, 0.3) is 22.0 Å². The van der Waals surface area contributed by atoms with Gasteiger partial charge in [-0.2, -0.15) is 5.10 Å². The molecule has 0 aliphatic rings. The summed E-state index contributed by atoms with van der Waals surface area (Å²) in [5.41, 5.74) is 4.01. The number of hydrogen-bond acceptors (Lipinski definition) is 4. The lowest BCUT2D eigenvalue weighted by molar-refractivity contribution is 0.0948. The Bertz CT molecular complexity index is 1340. The third-order valence-electron chi connectivity index (χ3n) is 5.37. The Balaban J connectivity index is 1.67. The normalized spacial score (nSPS) is 10.8. The number of methoxy groups -OCH3 is 1. The summed E-state index contributed by atoms with van der Waals surface area (Å²) in [5.74, 6) is 0.333. The first-order chi connectivity index (χ1) is 15.0. The van der Waals surface area contributed by atoms with E-state index >= 15 is 0 Å². The molecule has 0 radical (unpaired) electrons. The van der Waals surface area contributed by atoms with Gasteiger partial charge in [-0.3, -0.25) is 9.59 Å². The number of ether oxygens (including phenoxy) is 1. The second-order valence-corrected chi connectivity index (χ2v) is 7.35. The van der Waals surface area contributed by atoms with Crippen LogP contribution in [0.5, 0.6) is 5.75 Å². The number of hydrogen-bond donors (Lipinski definition) is 1. The Hall–Kier alpha value is -3.93. The number of fused-ring (bicyclic) bond motifs is 1. The fraction of sp³-hybridized carbons (Fsp3) is 0.160. The molecule has 0 aliphatic carbocycles. The van der Waals surface area contributed by atoms with Crippen molar-refractivity contribution in [2.75, 3.05) is 7.11 Å². The molecule has 0 fully saturated rings. The molecule has 0 bridgehead atoms. The zero-order valence-corrected chi connectivity index (χ0v) is 17.7. The summed E-state index contributed by atoms with van der Waals surface area (Å²) in [6, 6.07) is 20.6. The van der Waals surface area contributed by atoms with Crippen LogP contribution in [0.2, 0.25) is 0 Å². The van der Waals surface area contributed by atoms with Crippen LogP contribution in [-0.4, -0.2) is 22.8 Å². The summed E-state index contributed by atoms with van der Waals surface area (Å²) >= 11 is 0. The van der Waals surface area contributed by atoms with Gasteiger partial charge in [0.05, 0.1) is 23.8 Å². The van der Waals surface area contributed by atoms with Crippen molar-refractivity contribution in [3.63, 3.8) is 0 Å². The smallest absolute Gasteiger partial charge is 0.274 e. The summed E-state index contributed by atoms with van der Waals surface area (Å²) < 4.78 is 6.65. The van der Waals surface area contributed by atoms with Gasteiger partial charge in [0.2, 0.25) is 0 Å². The van der Waals surface area contributed by atoms with Crippen LogP contribution in [-0.2, 0) is 13.6 Å². The number of carbonyl (C=O) groups excluding carboxylic acids is 1. The minimum Gasteiger partial charge on any atom is -0.496 e. The van der Waals surface area contributed by atoms with Crippen LogP contribution in [0.15, 0.2) is 71.5 Å². The van der Waals surface area contributed by atoms with Crippen molar-refractivity contribution in [1.29, 1.82) is 0 Å². The van der Waals surface area contributed by atoms with Crippen LogP contribution in [0, 0.1) is 6.92 Å². The highest BCUT2D eigenvalue weighted by Gasteiger charge is 2.14. The van der Waals surface area contributed by atoms with E-state index in [-0.39, 0.29) is 11.5 Å². The van der Waals surface area contributed by atoms with E-state index in [1.165, 1.54) is 4.68 Å². The molecule has 4 rings (SSSR count). The Kier molecular flexibility index (Phi) is 5.54. The molecule has 4 aromatic rings. The fourth-order valence-electron chi connectivity index (χ4n) is 3.63. The second-order valence-electron chi connectivity index (χ2n) is 7.35. The number of aryl methyl sites for hydroxylation is 2. The maximum atomic E-state index is 12.7. The molecule has 6 heteroatoms. The first-order valence-corrected chi connectivity index (χ1v) is 9.96. The van der Waals surface area contributed by atoms with Crippen molar-refractivity contribution in [1.82, 2.24) is 15.1 Å².